The summed E-state index contributed by atoms with van der Waals surface area (Å²) in [5.41, 5.74) is 8.33. The molecule has 7 nitrogen and oxygen atoms in total. The molecule has 0 fully saturated rings. The van der Waals surface area contributed by atoms with Crippen molar-refractivity contribution in [3.05, 3.63) is 95.6 Å². The van der Waals surface area contributed by atoms with Crippen LogP contribution in [-0.2, 0) is 11.3 Å². The van der Waals surface area contributed by atoms with E-state index in [-0.39, 0.29) is 18.4 Å². The van der Waals surface area contributed by atoms with E-state index in [1.165, 1.54) is 0 Å². The van der Waals surface area contributed by atoms with Crippen LogP contribution in [0.3, 0.4) is 0 Å². The summed E-state index contributed by atoms with van der Waals surface area (Å²) in [6.07, 6.45) is 0. The minimum atomic E-state index is -0.531. The maximum atomic E-state index is 12.2. The van der Waals surface area contributed by atoms with Crippen molar-refractivity contribution in [2.75, 3.05) is 17.2 Å². The number of nitrogens with two attached hydrogens (primary N) is 1. The van der Waals surface area contributed by atoms with Crippen LogP contribution < -0.4 is 21.7 Å². The fourth-order valence-electron chi connectivity index (χ4n) is 2.76. The van der Waals surface area contributed by atoms with Gasteiger partial charge in [0.05, 0.1) is 6.54 Å². The molecule has 0 aromatic heterocycles. The standard InChI is InChI=1S/C23H22N4O3/c24-22(29)18-7-4-8-20(13-18)25-15-21(28)27-19-11-9-17(10-12-19)23(30)26-14-16-5-2-1-3-6-16/h1-13,25H,14-15H2,(H2,24,29)(H,26,30)(H,27,28). The molecule has 0 aliphatic rings. The number of carbonyl (C=O) groups is 3. The van der Waals surface area contributed by atoms with Gasteiger partial charge in [0.1, 0.15) is 0 Å². The van der Waals surface area contributed by atoms with Gasteiger partial charge < -0.3 is 21.7 Å². The summed E-state index contributed by atoms with van der Waals surface area (Å²) in [5.74, 6) is -0.982. The van der Waals surface area contributed by atoms with E-state index in [1.54, 1.807) is 48.5 Å². The number of nitrogens with one attached hydrogen (secondary N) is 3. The lowest BCUT2D eigenvalue weighted by molar-refractivity contribution is -0.114. The molecular formula is C23H22N4O3. The Kier molecular flexibility index (Phi) is 6.78. The minimum absolute atomic E-state index is 0.0154. The molecule has 152 valence electrons. The fraction of sp³-hybridized carbons (Fsp3) is 0.0870. The first-order valence-electron chi connectivity index (χ1n) is 9.37. The molecule has 5 N–H and O–H groups in total. The van der Waals surface area contributed by atoms with Crippen molar-refractivity contribution >= 4 is 29.1 Å². The zero-order chi connectivity index (χ0) is 21.3. The maximum absolute atomic E-state index is 12.2. The Hall–Kier alpha value is -4.13. The van der Waals surface area contributed by atoms with Crippen LogP contribution >= 0.6 is 0 Å². The van der Waals surface area contributed by atoms with Crippen molar-refractivity contribution in [2.24, 2.45) is 5.73 Å². The number of anilines is 2. The fourth-order valence-corrected chi connectivity index (χ4v) is 2.76. The van der Waals surface area contributed by atoms with E-state index in [2.05, 4.69) is 16.0 Å². The smallest absolute Gasteiger partial charge is 0.251 e. The molecule has 0 bridgehead atoms. The molecule has 0 radical (unpaired) electrons. The lowest BCUT2D eigenvalue weighted by atomic mass is 10.1. The molecule has 0 atom stereocenters. The van der Waals surface area contributed by atoms with Crippen LogP contribution in [0.5, 0.6) is 0 Å². The van der Waals surface area contributed by atoms with Crippen molar-refractivity contribution in [2.45, 2.75) is 6.54 Å². The van der Waals surface area contributed by atoms with Gasteiger partial charge in [0.15, 0.2) is 0 Å². The van der Waals surface area contributed by atoms with Crippen LogP contribution in [0.2, 0.25) is 0 Å². The Morgan fingerprint density at radius 1 is 0.767 bits per heavy atom. The van der Waals surface area contributed by atoms with Gasteiger partial charge in [0, 0.05) is 29.0 Å². The summed E-state index contributed by atoms with van der Waals surface area (Å²) in [5, 5.41) is 8.54. The first kappa shape index (κ1) is 20.6. The summed E-state index contributed by atoms with van der Waals surface area (Å²) < 4.78 is 0. The maximum Gasteiger partial charge on any atom is 0.251 e. The van der Waals surface area contributed by atoms with E-state index in [0.717, 1.165) is 5.56 Å². The third-order valence-electron chi connectivity index (χ3n) is 4.33. The number of rotatable bonds is 8. The molecule has 0 aliphatic carbocycles. The Labute approximate surface area is 174 Å². The van der Waals surface area contributed by atoms with Gasteiger partial charge in [-0.05, 0) is 48.0 Å². The lowest BCUT2D eigenvalue weighted by Gasteiger charge is -2.09. The van der Waals surface area contributed by atoms with Crippen molar-refractivity contribution in [1.82, 2.24) is 5.32 Å². The lowest BCUT2D eigenvalue weighted by Crippen LogP contribution is -2.23. The third-order valence-corrected chi connectivity index (χ3v) is 4.33. The van der Waals surface area contributed by atoms with E-state index >= 15 is 0 Å². The monoisotopic (exact) mass is 402 g/mol. The highest BCUT2D eigenvalue weighted by atomic mass is 16.2. The van der Waals surface area contributed by atoms with Gasteiger partial charge in [0.25, 0.3) is 5.91 Å². The Morgan fingerprint density at radius 2 is 1.50 bits per heavy atom. The van der Waals surface area contributed by atoms with Crippen molar-refractivity contribution < 1.29 is 14.4 Å². The Bertz CT molecular complexity index is 1030. The Morgan fingerprint density at radius 3 is 2.20 bits per heavy atom. The minimum Gasteiger partial charge on any atom is -0.376 e. The zero-order valence-electron chi connectivity index (χ0n) is 16.2. The average molecular weight is 402 g/mol. The second-order valence-corrected chi connectivity index (χ2v) is 6.59. The summed E-state index contributed by atoms with van der Waals surface area (Å²) >= 11 is 0. The van der Waals surface area contributed by atoms with E-state index in [0.29, 0.717) is 29.0 Å². The summed E-state index contributed by atoms with van der Waals surface area (Å²) in [7, 11) is 0. The van der Waals surface area contributed by atoms with E-state index < -0.39 is 5.91 Å². The topological polar surface area (TPSA) is 113 Å². The molecule has 30 heavy (non-hydrogen) atoms. The SMILES string of the molecule is NC(=O)c1cccc(NCC(=O)Nc2ccc(C(=O)NCc3ccccc3)cc2)c1. The van der Waals surface area contributed by atoms with Crippen LogP contribution in [-0.4, -0.2) is 24.3 Å². The second-order valence-electron chi connectivity index (χ2n) is 6.59. The normalized spacial score (nSPS) is 10.1. The van der Waals surface area contributed by atoms with E-state index in [1.807, 2.05) is 30.3 Å². The first-order chi connectivity index (χ1) is 14.5. The number of amides is 3. The van der Waals surface area contributed by atoms with Gasteiger partial charge in [-0.3, -0.25) is 14.4 Å². The van der Waals surface area contributed by atoms with Gasteiger partial charge in [-0.15, -0.1) is 0 Å². The summed E-state index contributed by atoms with van der Waals surface area (Å²) in [4.78, 5) is 35.6. The highest BCUT2D eigenvalue weighted by Gasteiger charge is 2.07. The van der Waals surface area contributed by atoms with Gasteiger partial charge in [-0.2, -0.15) is 0 Å². The predicted molar refractivity (Wildman–Crippen MR) is 116 cm³/mol. The zero-order valence-corrected chi connectivity index (χ0v) is 16.2. The van der Waals surface area contributed by atoms with Gasteiger partial charge >= 0.3 is 0 Å². The second kappa shape index (κ2) is 9.88. The molecule has 3 rings (SSSR count). The van der Waals surface area contributed by atoms with Crippen LogP contribution in [0.4, 0.5) is 11.4 Å². The summed E-state index contributed by atoms with van der Waals surface area (Å²) in [6.45, 7) is 0.461. The van der Waals surface area contributed by atoms with Crippen LogP contribution in [0.1, 0.15) is 26.3 Å². The van der Waals surface area contributed by atoms with E-state index in [4.69, 9.17) is 5.73 Å². The molecule has 0 spiro atoms. The van der Waals surface area contributed by atoms with Gasteiger partial charge in [-0.25, -0.2) is 0 Å². The number of carbonyl (C=O) groups excluding carboxylic acids is 3. The molecule has 3 aromatic carbocycles. The third kappa shape index (κ3) is 5.93. The highest BCUT2D eigenvalue weighted by Crippen LogP contribution is 2.12. The number of primary amides is 1. The molecule has 3 aromatic rings. The molecule has 7 heteroatoms. The van der Waals surface area contributed by atoms with Crippen LogP contribution in [0.25, 0.3) is 0 Å². The van der Waals surface area contributed by atoms with Crippen molar-refractivity contribution in [3.8, 4) is 0 Å². The highest BCUT2D eigenvalue weighted by molar-refractivity contribution is 5.97. The number of benzene rings is 3. The molecule has 0 saturated heterocycles. The van der Waals surface area contributed by atoms with Crippen molar-refractivity contribution in [1.29, 1.82) is 0 Å². The van der Waals surface area contributed by atoms with Crippen LogP contribution in [0, 0.1) is 0 Å². The first-order valence-corrected chi connectivity index (χ1v) is 9.37. The summed E-state index contributed by atoms with van der Waals surface area (Å²) in [6, 6.07) is 22.9. The van der Waals surface area contributed by atoms with Gasteiger partial charge in [0.2, 0.25) is 11.8 Å². The quantitative estimate of drug-likeness (QED) is 0.464. The Balaban J connectivity index is 1.48. The molecule has 0 saturated carbocycles. The molecule has 0 unspecified atom stereocenters. The molecular weight excluding hydrogens is 380 g/mol. The van der Waals surface area contributed by atoms with Crippen molar-refractivity contribution in [3.63, 3.8) is 0 Å². The van der Waals surface area contributed by atoms with E-state index in [9.17, 15) is 14.4 Å². The molecule has 3 amide bonds. The molecule has 0 aliphatic heterocycles. The number of hydrogen-bond donors (Lipinski definition) is 4. The molecule has 0 heterocycles. The number of hydrogen-bond acceptors (Lipinski definition) is 4. The van der Waals surface area contributed by atoms with Crippen LogP contribution in [0.15, 0.2) is 78.9 Å². The largest absolute Gasteiger partial charge is 0.376 e. The average Bonchev–Trinajstić information content (AvgIpc) is 2.77. The van der Waals surface area contributed by atoms with Gasteiger partial charge in [-0.1, -0.05) is 36.4 Å². The predicted octanol–water partition coefficient (Wildman–Crippen LogP) is 2.77.